The molecule has 3 N–H and O–H groups in total. The second-order valence-electron chi connectivity index (χ2n) is 1.39. The van der Waals surface area contributed by atoms with E-state index in [4.69, 9.17) is 10.2 Å². The zero-order chi connectivity index (χ0) is 7.28. The molecule has 5 nitrogen and oxygen atoms in total. The molecule has 0 atom stereocenters. The van der Waals surface area contributed by atoms with Crippen LogP contribution in [0.3, 0.4) is 0 Å². The summed E-state index contributed by atoms with van der Waals surface area (Å²) in [4.78, 5) is 19.5. The van der Waals surface area contributed by atoms with E-state index < -0.39 is 11.9 Å². The molecule has 0 radical (unpaired) electrons. The van der Waals surface area contributed by atoms with Crippen LogP contribution < -0.4 is 64.4 Å². The third-order valence-electron chi connectivity index (χ3n) is 0.552. The predicted molar refractivity (Wildman–Crippen MR) is 30.4 cm³/mol. The summed E-state index contributed by atoms with van der Waals surface area (Å²) in [5.74, 6) is -2.12. The van der Waals surface area contributed by atoms with Crippen molar-refractivity contribution in [2.75, 3.05) is 13.1 Å². The van der Waals surface area contributed by atoms with Crippen molar-refractivity contribution in [3.63, 3.8) is 0 Å². The average Bonchev–Trinajstić information content (AvgIpc) is 1.63. The topological polar surface area (TPSA) is 86.6 Å². The smallest absolute Gasteiger partial charge is 1.00 e. The van der Waals surface area contributed by atoms with Gasteiger partial charge in [-0.15, -0.1) is 0 Å². The van der Waals surface area contributed by atoms with Crippen LogP contribution in [0.2, 0.25) is 0 Å². The summed E-state index contributed by atoms with van der Waals surface area (Å²) < 4.78 is 0. The van der Waals surface area contributed by atoms with Crippen LogP contribution in [0.25, 0.3) is 0 Å². The third-order valence-corrected chi connectivity index (χ3v) is 0.552. The van der Waals surface area contributed by atoms with Gasteiger partial charge in [0.1, 0.15) is 0 Å². The van der Waals surface area contributed by atoms with Crippen LogP contribution in [-0.4, -0.2) is 35.2 Å². The SMILES string of the molecule is O=C(O)CNCC(=O)O.[H-].[H-].[Na+].[Na+]. The Kier molecular flexibility index (Phi) is 17.7. The number of hydrogen-bond donors (Lipinski definition) is 3. The fourth-order valence-corrected chi connectivity index (χ4v) is 0.276. The Hall–Kier alpha value is 0.900. The van der Waals surface area contributed by atoms with Crippen LogP contribution in [0.4, 0.5) is 0 Å². The van der Waals surface area contributed by atoms with Crippen molar-refractivity contribution in [3.8, 4) is 0 Å². The molecule has 0 saturated heterocycles. The molecule has 0 rings (SSSR count). The molecule has 0 fully saturated rings. The summed E-state index contributed by atoms with van der Waals surface area (Å²) in [6.07, 6.45) is 0. The second-order valence-corrected chi connectivity index (χ2v) is 1.39. The maximum Gasteiger partial charge on any atom is 1.00 e. The van der Waals surface area contributed by atoms with Gasteiger partial charge in [0.15, 0.2) is 0 Å². The van der Waals surface area contributed by atoms with Crippen LogP contribution in [0.1, 0.15) is 2.85 Å². The van der Waals surface area contributed by atoms with Gasteiger partial charge in [0, 0.05) is 0 Å². The van der Waals surface area contributed by atoms with Gasteiger partial charge in [-0.25, -0.2) is 0 Å². The summed E-state index contributed by atoms with van der Waals surface area (Å²) in [5, 5.41) is 18.1. The Labute approximate surface area is 111 Å². The minimum Gasteiger partial charge on any atom is -1.00 e. The van der Waals surface area contributed by atoms with Crippen molar-refractivity contribution in [1.82, 2.24) is 5.32 Å². The van der Waals surface area contributed by atoms with Crippen molar-refractivity contribution in [1.29, 1.82) is 0 Å². The molecule has 56 valence electrons. The Morgan fingerprint density at radius 1 is 1.09 bits per heavy atom. The number of nitrogens with one attached hydrogen (secondary N) is 1. The zero-order valence-electron chi connectivity index (χ0n) is 8.63. The van der Waals surface area contributed by atoms with E-state index in [0.29, 0.717) is 0 Å². The molecule has 0 bridgehead atoms. The quantitative estimate of drug-likeness (QED) is 0.375. The van der Waals surface area contributed by atoms with Gasteiger partial charge in [-0.05, 0) is 0 Å². The molecular weight excluding hydrogens is 172 g/mol. The molecule has 0 amide bonds. The van der Waals surface area contributed by atoms with Crippen LogP contribution in [0.5, 0.6) is 0 Å². The van der Waals surface area contributed by atoms with Crippen molar-refractivity contribution < 1.29 is 81.8 Å². The fourth-order valence-electron chi connectivity index (χ4n) is 0.276. The Morgan fingerprint density at radius 3 is 1.55 bits per heavy atom. The molecule has 0 aliphatic rings. The number of carboxylic acid groups (broad SMARTS) is 2. The number of hydrogen-bond acceptors (Lipinski definition) is 3. The third kappa shape index (κ3) is 18.1. The van der Waals surface area contributed by atoms with Crippen LogP contribution in [0, 0.1) is 0 Å². The Morgan fingerprint density at radius 2 is 1.36 bits per heavy atom. The summed E-state index contributed by atoms with van der Waals surface area (Å²) in [7, 11) is 0. The van der Waals surface area contributed by atoms with Gasteiger partial charge in [0.05, 0.1) is 13.1 Å². The Bertz CT molecular complexity index is 123. The standard InChI is InChI=1S/C4H7NO4.2Na.2H/c6-3(7)1-5-2-4(8)9;;;;/h5H,1-2H2,(H,6,7)(H,8,9);;;;/q;2*+1;2*-1. The number of carbonyl (C=O) groups is 2. The van der Waals surface area contributed by atoms with Gasteiger partial charge in [-0.2, -0.15) is 0 Å². The summed E-state index contributed by atoms with van der Waals surface area (Å²) in [5.41, 5.74) is 0. The molecule has 0 spiro atoms. The van der Waals surface area contributed by atoms with E-state index in [0.717, 1.165) is 0 Å². The summed E-state index contributed by atoms with van der Waals surface area (Å²) in [6.45, 7) is -0.626. The van der Waals surface area contributed by atoms with E-state index in [1.165, 1.54) is 0 Å². The molecule has 0 aromatic heterocycles. The molecule has 0 aliphatic heterocycles. The molecule has 0 unspecified atom stereocenters. The minimum absolute atomic E-state index is 0. The maximum absolute atomic E-state index is 9.73. The molecule has 0 heterocycles. The summed E-state index contributed by atoms with van der Waals surface area (Å²) >= 11 is 0. The monoisotopic (exact) mass is 181 g/mol. The minimum atomic E-state index is -1.06. The Balaban J connectivity index is -0.0000000533. The van der Waals surface area contributed by atoms with E-state index in [-0.39, 0.29) is 75.1 Å². The van der Waals surface area contributed by atoms with Crippen molar-refractivity contribution in [3.05, 3.63) is 0 Å². The first-order chi connectivity index (χ1) is 4.13. The number of carboxylic acids is 2. The predicted octanol–water partition coefficient (Wildman–Crippen LogP) is -7.02. The van der Waals surface area contributed by atoms with Gasteiger partial charge >= 0.3 is 71.1 Å². The second kappa shape index (κ2) is 10.9. The first-order valence-corrected chi connectivity index (χ1v) is 2.27. The summed E-state index contributed by atoms with van der Waals surface area (Å²) in [6, 6.07) is 0. The van der Waals surface area contributed by atoms with E-state index in [9.17, 15) is 9.59 Å². The zero-order valence-corrected chi connectivity index (χ0v) is 10.6. The van der Waals surface area contributed by atoms with Crippen molar-refractivity contribution >= 4 is 11.9 Å². The first kappa shape index (κ1) is 17.8. The largest absolute Gasteiger partial charge is 1.00 e. The molecular formula is C4H9NNa2O4. The number of aliphatic carboxylic acids is 2. The van der Waals surface area contributed by atoms with Gasteiger partial charge in [0.2, 0.25) is 0 Å². The molecule has 7 heteroatoms. The van der Waals surface area contributed by atoms with E-state index >= 15 is 0 Å². The normalized spacial score (nSPS) is 7.27. The van der Waals surface area contributed by atoms with Gasteiger partial charge in [-0.1, -0.05) is 0 Å². The van der Waals surface area contributed by atoms with Gasteiger partial charge < -0.3 is 13.1 Å². The van der Waals surface area contributed by atoms with Crippen LogP contribution >= 0.6 is 0 Å². The van der Waals surface area contributed by atoms with Gasteiger partial charge in [-0.3, -0.25) is 14.9 Å². The van der Waals surface area contributed by atoms with Crippen LogP contribution in [-0.2, 0) is 9.59 Å². The molecule has 0 aromatic rings. The fraction of sp³-hybridized carbons (Fsp3) is 0.500. The molecule has 0 aliphatic carbocycles. The molecule has 0 aromatic carbocycles. The van der Waals surface area contributed by atoms with Crippen molar-refractivity contribution in [2.24, 2.45) is 0 Å². The van der Waals surface area contributed by atoms with Crippen LogP contribution in [0.15, 0.2) is 0 Å². The molecule has 11 heavy (non-hydrogen) atoms. The first-order valence-electron chi connectivity index (χ1n) is 2.27. The van der Waals surface area contributed by atoms with Crippen molar-refractivity contribution in [2.45, 2.75) is 0 Å². The molecule has 0 saturated carbocycles. The number of rotatable bonds is 4. The van der Waals surface area contributed by atoms with E-state index in [1.807, 2.05) is 0 Å². The maximum atomic E-state index is 9.73. The average molecular weight is 181 g/mol. The van der Waals surface area contributed by atoms with Gasteiger partial charge in [0.25, 0.3) is 0 Å². The van der Waals surface area contributed by atoms with E-state index in [2.05, 4.69) is 5.32 Å². The van der Waals surface area contributed by atoms with E-state index in [1.54, 1.807) is 0 Å².